The summed E-state index contributed by atoms with van der Waals surface area (Å²) in [5.41, 5.74) is 13.0. The van der Waals surface area contributed by atoms with Crippen LogP contribution in [0.5, 0.6) is 0 Å². The van der Waals surface area contributed by atoms with Gasteiger partial charge in [0.1, 0.15) is 5.82 Å². The van der Waals surface area contributed by atoms with Crippen LogP contribution in [0, 0.1) is 11.2 Å². The first-order chi connectivity index (χ1) is 10.4. The van der Waals surface area contributed by atoms with Crippen molar-refractivity contribution >= 4 is 31.9 Å². The molecule has 112 valence electrons. The topological polar surface area (TPSA) is 93.0 Å². The van der Waals surface area contributed by atoms with Gasteiger partial charge in [-0.05, 0) is 47.3 Å². The van der Waals surface area contributed by atoms with E-state index in [9.17, 15) is 9.18 Å². The lowest BCUT2D eigenvalue weighted by molar-refractivity contribution is 0.1000. The number of nitrogens with one attached hydrogen (secondary N) is 1. The van der Waals surface area contributed by atoms with Crippen LogP contribution in [0.25, 0.3) is 5.70 Å². The van der Waals surface area contributed by atoms with Gasteiger partial charge in [0.15, 0.2) is 0 Å². The molecule has 6 heteroatoms. The number of nitrogens with two attached hydrogens (primary N) is 2. The number of carbonyl (C=O) groups is 1. The number of hydrogen-bond acceptors (Lipinski definition) is 3. The molecule has 0 aliphatic heterocycles. The van der Waals surface area contributed by atoms with Gasteiger partial charge in [-0.1, -0.05) is 12.1 Å². The molecule has 2 rings (SSSR count). The van der Waals surface area contributed by atoms with Gasteiger partial charge in [0.05, 0.1) is 5.71 Å². The molecule has 1 amide bonds. The molecule has 0 saturated carbocycles. The normalized spacial score (nSPS) is 11.3. The van der Waals surface area contributed by atoms with Crippen molar-refractivity contribution in [2.45, 2.75) is 0 Å². The van der Waals surface area contributed by atoms with Gasteiger partial charge >= 0.3 is 0 Å². The SMILES string of the molecule is N=C(C=C(N)c1c(P)cccc1C(N)=O)c1ccc(F)cc1. The molecular formula is C16H15FN3OP. The van der Waals surface area contributed by atoms with Gasteiger partial charge in [0.25, 0.3) is 0 Å². The van der Waals surface area contributed by atoms with E-state index in [2.05, 4.69) is 9.24 Å². The molecule has 0 radical (unpaired) electrons. The number of rotatable bonds is 4. The second kappa shape index (κ2) is 6.50. The van der Waals surface area contributed by atoms with E-state index < -0.39 is 5.91 Å². The Morgan fingerprint density at radius 2 is 1.77 bits per heavy atom. The molecule has 1 atom stereocenters. The summed E-state index contributed by atoms with van der Waals surface area (Å²) in [6.07, 6.45) is 1.42. The Morgan fingerprint density at radius 1 is 1.14 bits per heavy atom. The molecule has 0 aromatic heterocycles. The predicted octanol–water partition coefficient (Wildman–Crippen LogP) is 1.79. The van der Waals surface area contributed by atoms with Crippen LogP contribution in [-0.4, -0.2) is 11.6 Å². The molecule has 0 spiro atoms. The second-order valence-electron chi connectivity index (χ2n) is 4.65. The summed E-state index contributed by atoms with van der Waals surface area (Å²) in [5, 5.41) is 8.73. The maximum atomic E-state index is 12.9. The van der Waals surface area contributed by atoms with Crippen LogP contribution in [0.2, 0.25) is 0 Å². The highest BCUT2D eigenvalue weighted by atomic mass is 31.0. The van der Waals surface area contributed by atoms with Gasteiger partial charge < -0.3 is 16.9 Å². The third-order valence-electron chi connectivity index (χ3n) is 3.11. The number of allylic oxidation sites excluding steroid dienone is 1. The molecular weight excluding hydrogens is 300 g/mol. The van der Waals surface area contributed by atoms with Crippen molar-refractivity contribution < 1.29 is 9.18 Å². The van der Waals surface area contributed by atoms with E-state index in [1.807, 2.05) is 0 Å². The molecule has 22 heavy (non-hydrogen) atoms. The van der Waals surface area contributed by atoms with Crippen LogP contribution in [0.15, 0.2) is 48.5 Å². The molecule has 0 aliphatic rings. The highest BCUT2D eigenvalue weighted by molar-refractivity contribution is 7.27. The van der Waals surface area contributed by atoms with Crippen molar-refractivity contribution in [3.8, 4) is 0 Å². The third kappa shape index (κ3) is 3.38. The quantitative estimate of drug-likeness (QED) is 0.593. The van der Waals surface area contributed by atoms with E-state index in [0.717, 1.165) is 0 Å². The molecule has 0 saturated heterocycles. The lowest BCUT2D eigenvalue weighted by Gasteiger charge is -2.11. The van der Waals surface area contributed by atoms with Crippen molar-refractivity contribution in [3.63, 3.8) is 0 Å². The van der Waals surface area contributed by atoms with Gasteiger partial charge in [0, 0.05) is 16.8 Å². The van der Waals surface area contributed by atoms with E-state index in [-0.39, 0.29) is 22.8 Å². The van der Waals surface area contributed by atoms with E-state index >= 15 is 0 Å². The molecule has 2 aromatic carbocycles. The van der Waals surface area contributed by atoms with Gasteiger partial charge in [-0.2, -0.15) is 0 Å². The van der Waals surface area contributed by atoms with E-state index in [1.165, 1.54) is 30.3 Å². The number of halogens is 1. The second-order valence-corrected chi connectivity index (χ2v) is 5.28. The minimum Gasteiger partial charge on any atom is -0.398 e. The molecule has 0 aliphatic carbocycles. The van der Waals surface area contributed by atoms with Crippen LogP contribution in [0.3, 0.4) is 0 Å². The molecule has 5 N–H and O–H groups in total. The first-order valence-electron chi connectivity index (χ1n) is 6.40. The number of benzene rings is 2. The van der Waals surface area contributed by atoms with E-state index in [4.69, 9.17) is 16.9 Å². The first kappa shape index (κ1) is 15.9. The van der Waals surface area contributed by atoms with Crippen molar-refractivity contribution in [2.24, 2.45) is 11.5 Å². The van der Waals surface area contributed by atoms with E-state index in [0.29, 0.717) is 16.4 Å². The smallest absolute Gasteiger partial charge is 0.249 e. The largest absolute Gasteiger partial charge is 0.398 e. The summed E-state index contributed by atoms with van der Waals surface area (Å²) >= 11 is 0. The Bertz CT molecular complexity index is 769. The maximum absolute atomic E-state index is 12.9. The maximum Gasteiger partial charge on any atom is 0.249 e. The van der Waals surface area contributed by atoms with Crippen LogP contribution >= 0.6 is 9.24 Å². The van der Waals surface area contributed by atoms with E-state index in [1.54, 1.807) is 18.2 Å². The monoisotopic (exact) mass is 315 g/mol. The van der Waals surface area contributed by atoms with Crippen LogP contribution < -0.4 is 16.8 Å². The zero-order valence-corrected chi connectivity index (χ0v) is 12.8. The fraction of sp³-hybridized carbons (Fsp3) is 0. The Hall–Kier alpha value is -2.52. The number of primary amides is 1. The van der Waals surface area contributed by atoms with Crippen molar-refractivity contribution in [2.75, 3.05) is 0 Å². The molecule has 0 fully saturated rings. The lowest BCUT2D eigenvalue weighted by atomic mass is 10.0. The highest BCUT2D eigenvalue weighted by Crippen LogP contribution is 2.16. The van der Waals surface area contributed by atoms with Gasteiger partial charge in [-0.15, -0.1) is 9.24 Å². The summed E-state index contributed by atoms with van der Waals surface area (Å²) in [5.74, 6) is -0.969. The summed E-state index contributed by atoms with van der Waals surface area (Å²) in [4.78, 5) is 11.5. The Labute approximate surface area is 129 Å². The summed E-state index contributed by atoms with van der Waals surface area (Å²) in [7, 11) is 2.48. The molecule has 4 nitrogen and oxygen atoms in total. The van der Waals surface area contributed by atoms with Crippen LogP contribution in [-0.2, 0) is 0 Å². The summed E-state index contributed by atoms with van der Waals surface area (Å²) < 4.78 is 12.9. The molecule has 2 aromatic rings. The number of carbonyl (C=O) groups excluding carboxylic acids is 1. The third-order valence-corrected chi connectivity index (χ3v) is 3.59. The molecule has 1 unspecified atom stereocenters. The highest BCUT2D eigenvalue weighted by Gasteiger charge is 2.13. The van der Waals surface area contributed by atoms with Crippen molar-refractivity contribution in [1.82, 2.24) is 0 Å². The van der Waals surface area contributed by atoms with Crippen molar-refractivity contribution in [3.05, 3.63) is 71.0 Å². The Morgan fingerprint density at radius 3 is 2.36 bits per heavy atom. The van der Waals surface area contributed by atoms with Gasteiger partial charge in [-0.25, -0.2) is 4.39 Å². The predicted molar refractivity (Wildman–Crippen MR) is 89.7 cm³/mol. The minimum atomic E-state index is -0.594. The number of amides is 1. The lowest BCUT2D eigenvalue weighted by Crippen LogP contribution is -2.20. The summed E-state index contributed by atoms with van der Waals surface area (Å²) in [6.45, 7) is 0. The zero-order chi connectivity index (χ0) is 16.3. The summed E-state index contributed by atoms with van der Waals surface area (Å²) in [6, 6.07) is 10.6. The average Bonchev–Trinajstić information content (AvgIpc) is 2.47. The average molecular weight is 315 g/mol. The zero-order valence-electron chi connectivity index (χ0n) is 11.6. The number of hydrogen-bond donors (Lipinski definition) is 3. The van der Waals surface area contributed by atoms with Gasteiger partial charge in [0.2, 0.25) is 5.91 Å². The minimum absolute atomic E-state index is 0.112. The molecule has 0 heterocycles. The van der Waals surface area contributed by atoms with Crippen molar-refractivity contribution in [1.29, 1.82) is 5.41 Å². The fourth-order valence-electron chi connectivity index (χ4n) is 2.04. The molecule has 0 bridgehead atoms. The Balaban J connectivity index is 2.43. The fourth-order valence-corrected chi connectivity index (χ4v) is 2.47. The Kier molecular flexibility index (Phi) is 4.68. The van der Waals surface area contributed by atoms with Gasteiger partial charge in [-0.3, -0.25) is 4.79 Å². The van der Waals surface area contributed by atoms with Crippen LogP contribution in [0.1, 0.15) is 21.5 Å². The van der Waals surface area contributed by atoms with Crippen LogP contribution in [0.4, 0.5) is 4.39 Å². The first-order valence-corrected chi connectivity index (χ1v) is 6.98. The standard InChI is InChI=1S/C16H15FN3OP/c17-10-6-4-9(5-7-10)12(18)8-13(19)15-11(16(20)21)2-1-3-14(15)22/h1-8,18H,19,22H2,(H2,20,21).